The molecule has 4 aromatic heterocycles. The second-order valence-electron chi connectivity index (χ2n) is 9.04. The molecule has 0 saturated carbocycles. The molecule has 0 amide bonds. The fourth-order valence-corrected chi connectivity index (χ4v) is 6.30. The maximum atomic E-state index is 14.2. The Bertz CT molecular complexity index is 1780. The van der Waals surface area contributed by atoms with E-state index in [1.165, 1.54) is 11.1 Å². The molecule has 10 nitrogen and oxygen atoms in total. The number of aryl methyl sites for hydroxylation is 2. The third-order valence-electron chi connectivity index (χ3n) is 6.71. The average molecular weight is 535 g/mol. The van der Waals surface area contributed by atoms with Gasteiger partial charge in [-0.15, -0.1) is 0 Å². The van der Waals surface area contributed by atoms with E-state index in [9.17, 15) is 8.42 Å². The Morgan fingerprint density at radius 1 is 1.03 bits per heavy atom. The molecule has 1 fully saturated rings. The lowest BCUT2D eigenvalue weighted by molar-refractivity contribution is -0.0430. The molecule has 1 aromatic carbocycles. The van der Waals surface area contributed by atoms with Crippen LogP contribution in [0.25, 0.3) is 33.3 Å². The highest BCUT2D eigenvalue weighted by molar-refractivity contribution is 7.90. The molecule has 1 aliphatic rings. The maximum Gasteiger partial charge on any atom is 0.269 e. The van der Waals surface area contributed by atoms with Crippen LogP contribution in [0.5, 0.6) is 11.6 Å². The minimum atomic E-state index is -4.07. The van der Waals surface area contributed by atoms with Gasteiger partial charge >= 0.3 is 0 Å². The van der Waals surface area contributed by atoms with Crippen molar-refractivity contribution in [2.45, 2.75) is 18.1 Å². The van der Waals surface area contributed by atoms with E-state index in [1.54, 1.807) is 43.6 Å². The van der Waals surface area contributed by atoms with Crippen LogP contribution in [0.2, 0.25) is 0 Å². The monoisotopic (exact) mass is 534 g/mol. The number of hydrogen-bond acceptors (Lipinski definition) is 8. The highest BCUT2D eigenvalue weighted by Gasteiger charge is 2.30. The summed E-state index contributed by atoms with van der Waals surface area (Å²) in [7, 11) is 0.853. The van der Waals surface area contributed by atoms with Crippen LogP contribution in [-0.2, 0) is 26.5 Å². The van der Waals surface area contributed by atoms with Crippen molar-refractivity contribution in [2.75, 3.05) is 27.4 Å². The summed E-state index contributed by atoms with van der Waals surface area (Å²) in [4.78, 5) is 9.36. The van der Waals surface area contributed by atoms with Gasteiger partial charge in [-0.25, -0.2) is 22.4 Å². The largest absolute Gasteiger partial charge is 0.491 e. The van der Waals surface area contributed by atoms with Gasteiger partial charge in [0.2, 0.25) is 0 Å². The van der Waals surface area contributed by atoms with Crippen LogP contribution in [0.1, 0.15) is 17.4 Å². The van der Waals surface area contributed by atoms with Crippen molar-refractivity contribution in [2.24, 2.45) is 7.05 Å². The maximum absolute atomic E-state index is 14.2. The summed E-state index contributed by atoms with van der Waals surface area (Å²) in [5.41, 5.74) is 4.24. The zero-order valence-corrected chi connectivity index (χ0v) is 22.2. The van der Waals surface area contributed by atoms with Crippen molar-refractivity contribution < 1.29 is 27.4 Å². The van der Waals surface area contributed by atoms with Crippen molar-refractivity contribution in [3.8, 4) is 22.9 Å². The van der Waals surface area contributed by atoms with Crippen molar-refractivity contribution >= 4 is 32.1 Å². The Hall–Kier alpha value is -3.93. The normalized spacial score (nSPS) is 14.5. The summed E-state index contributed by atoms with van der Waals surface area (Å²) in [6.45, 7) is 2.82. The van der Waals surface area contributed by atoms with Gasteiger partial charge in [-0.1, -0.05) is 17.7 Å². The van der Waals surface area contributed by atoms with Gasteiger partial charge in [-0.3, -0.25) is 0 Å². The Kier molecular flexibility index (Phi) is 5.86. The third kappa shape index (κ3) is 3.73. The molecule has 1 saturated heterocycles. The summed E-state index contributed by atoms with van der Waals surface area (Å²) in [6, 6.07) is 12.2. The Labute approximate surface area is 219 Å². The topological polar surface area (TPSA) is 107 Å². The van der Waals surface area contributed by atoms with Crippen LogP contribution in [-0.4, -0.2) is 54.4 Å². The molecular weight excluding hydrogens is 508 g/mol. The summed E-state index contributed by atoms with van der Waals surface area (Å²) in [6.07, 6.45) is 2.80. The van der Waals surface area contributed by atoms with Crippen LogP contribution in [0, 0.1) is 6.92 Å². The molecule has 0 spiro atoms. The molecule has 0 atom stereocenters. The van der Waals surface area contributed by atoms with Gasteiger partial charge < -0.3 is 23.5 Å². The van der Waals surface area contributed by atoms with Crippen LogP contribution in [0.4, 0.5) is 0 Å². The predicted molar refractivity (Wildman–Crippen MR) is 141 cm³/mol. The summed E-state index contributed by atoms with van der Waals surface area (Å²) >= 11 is 0. The minimum Gasteiger partial charge on any atom is -0.491 e. The fourth-order valence-electron chi connectivity index (χ4n) is 4.82. The van der Waals surface area contributed by atoms with Gasteiger partial charge in [-0.05, 0) is 31.2 Å². The fraction of sp³-hybridized carbons (Fsp3) is 0.259. The molecular formula is C27H26N4O6S. The Morgan fingerprint density at radius 3 is 2.45 bits per heavy atom. The first-order chi connectivity index (χ1) is 18.3. The van der Waals surface area contributed by atoms with Gasteiger partial charge in [0.25, 0.3) is 15.9 Å². The number of hydrogen-bond donors (Lipinski definition) is 0. The molecule has 0 N–H and O–H groups in total. The van der Waals surface area contributed by atoms with E-state index >= 15 is 0 Å². The number of benzene rings is 1. The lowest BCUT2D eigenvalue weighted by atomic mass is 10.1. The lowest BCUT2D eigenvalue weighted by Crippen LogP contribution is -2.15. The number of ether oxygens (including phenoxy) is 4. The van der Waals surface area contributed by atoms with Crippen molar-refractivity contribution in [3.63, 3.8) is 0 Å². The molecule has 0 bridgehead atoms. The highest BCUT2D eigenvalue weighted by atomic mass is 32.2. The van der Waals surface area contributed by atoms with Gasteiger partial charge in [0.05, 0.1) is 43.5 Å². The Morgan fingerprint density at radius 2 is 1.76 bits per heavy atom. The van der Waals surface area contributed by atoms with E-state index in [-0.39, 0.29) is 10.5 Å². The van der Waals surface area contributed by atoms with Crippen LogP contribution in [0.15, 0.2) is 59.8 Å². The van der Waals surface area contributed by atoms with E-state index in [2.05, 4.69) is 4.98 Å². The van der Waals surface area contributed by atoms with Gasteiger partial charge in [-0.2, -0.15) is 0 Å². The second kappa shape index (κ2) is 9.12. The van der Waals surface area contributed by atoms with Crippen LogP contribution in [0.3, 0.4) is 0 Å². The molecule has 11 heteroatoms. The average Bonchev–Trinajstić information content (AvgIpc) is 3.65. The molecule has 0 radical (unpaired) electrons. The molecule has 6 rings (SSSR count). The van der Waals surface area contributed by atoms with Crippen molar-refractivity contribution in [1.29, 1.82) is 0 Å². The number of methoxy groups -OCH3 is 2. The van der Waals surface area contributed by atoms with E-state index < -0.39 is 16.3 Å². The number of fused-ring (bicyclic) bond motifs is 2. The molecule has 196 valence electrons. The molecule has 0 aliphatic carbocycles. The molecule has 1 aliphatic heterocycles. The number of pyridine rings is 2. The second-order valence-corrected chi connectivity index (χ2v) is 10.8. The number of aromatic nitrogens is 4. The molecule has 5 heterocycles. The van der Waals surface area contributed by atoms with Crippen molar-refractivity contribution in [1.82, 2.24) is 18.5 Å². The Balaban J connectivity index is 1.69. The van der Waals surface area contributed by atoms with Gasteiger partial charge in [0, 0.05) is 42.0 Å². The van der Waals surface area contributed by atoms with E-state index in [0.29, 0.717) is 52.6 Å². The standard InChI is InChI=1S/C27H26N4O6S/c1-16-5-7-17(8-6-16)38(32,33)31-21(13-19-18(9-10-28-25(19)31)27-36-11-12-37-27)20-15-30(2)22-14-23(34-3)26(35-4)29-24(20)22/h5-10,13-15,27H,11-12H2,1-4H3. The van der Waals surface area contributed by atoms with Gasteiger partial charge in [0.1, 0.15) is 5.52 Å². The smallest absolute Gasteiger partial charge is 0.269 e. The zero-order chi connectivity index (χ0) is 26.6. The first-order valence-corrected chi connectivity index (χ1v) is 13.4. The third-order valence-corrected chi connectivity index (χ3v) is 8.43. The van der Waals surface area contributed by atoms with E-state index in [4.69, 9.17) is 23.9 Å². The first-order valence-electron chi connectivity index (χ1n) is 12.0. The molecule has 5 aromatic rings. The quantitative estimate of drug-likeness (QED) is 0.319. The van der Waals surface area contributed by atoms with E-state index in [1.807, 2.05) is 36.9 Å². The highest BCUT2D eigenvalue weighted by Crippen LogP contribution is 2.40. The number of nitrogens with zero attached hydrogens (tertiary/aromatic N) is 4. The molecule has 0 unspecified atom stereocenters. The predicted octanol–water partition coefficient (Wildman–Crippen LogP) is 4.20. The minimum absolute atomic E-state index is 0.148. The number of rotatable bonds is 6. The summed E-state index contributed by atoms with van der Waals surface area (Å²) in [5, 5.41) is 0.613. The summed E-state index contributed by atoms with van der Waals surface area (Å²) in [5.74, 6) is 0.767. The molecule has 38 heavy (non-hydrogen) atoms. The zero-order valence-electron chi connectivity index (χ0n) is 21.3. The lowest BCUT2D eigenvalue weighted by Gasteiger charge is -2.13. The van der Waals surface area contributed by atoms with Crippen molar-refractivity contribution in [3.05, 3.63) is 66.0 Å². The van der Waals surface area contributed by atoms with E-state index in [0.717, 1.165) is 11.1 Å². The summed E-state index contributed by atoms with van der Waals surface area (Å²) < 4.78 is 54.0. The van der Waals surface area contributed by atoms with Crippen LogP contribution < -0.4 is 9.47 Å². The first kappa shape index (κ1) is 24.4. The van der Waals surface area contributed by atoms with Gasteiger partial charge in [0.15, 0.2) is 17.7 Å². The van der Waals surface area contributed by atoms with Crippen LogP contribution >= 0.6 is 0 Å². The SMILES string of the molecule is COc1cc2c(nc1OC)c(-c1cc3c(C4OCCO4)ccnc3n1S(=O)(=O)c1ccc(C)cc1)cn2C.